The Kier molecular flexibility index (Phi) is 7.00. The third-order valence-electron chi connectivity index (χ3n) is 4.69. The molecule has 2 amide bonds. The number of hydrogen-bond acceptors (Lipinski definition) is 7. The van der Waals surface area contributed by atoms with Crippen LogP contribution in [-0.2, 0) is 28.6 Å². The third-order valence-corrected chi connectivity index (χ3v) is 5.36. The lowest BCUT2D eigenvalue weighted by molar-refractivity contribution is -0.147. The molecule has 29 heavy (non-hydrogen) atoms. The maximum atomic E-state index is 12.7. The SMILES string of the molecule is COCCOC(=O)COC(=S)c1cc(N2C(=O)C3=C(CCCC3)C2=O)ccc1Cl. The van der Waals surface area contributed by atoms with E-state index < -0.39 is 5.97 Å². The van der Waals surface area contributed by atoms with Crippen LogP contribution in [0.4, 0.5) is 5.69 Å². The molecule has 0 radical (unpaired) electrons. The molecular weight excluding hydrogens is 418 g/mol. The summed E-state index contributed by atoms with van der Waals surface area (Å²) in [6, 6.07) is 4.65. The van der Waals surface area contributed by atoms with E-state index in [9.17, 15) is 14.4 Å². The number of imide groups is 1. The first-order valence-electron chi connectivity index (χ1n) is 9.16. The molecule has 9 heteroatoms. The van der Waals surface area contributed by atoms with Crippen LogP contribution >= 0.6 is 23.8 Å². The van der Waals surface area contributed by atoms with Crippen molar-refractivity contribution in [1.29, 1.82) is 0 Å². The summed E-state index contributed by atoms with van der Waals surface area (Å²) in [6.45, 7) is -0.000951. The van der Waals surface area contributed by atoms with Crippen LogP contribution in [0.3, 0.4) is 0 Å². The molecule has 0 fully saturated rings. The van der Waals surface area contributed by atoms with Gasteiger partial charge in [0.2, 0.25) is 0 Å². The number of amides is 2. The van der Waals surface area contributed by atoms with Crippen LogP contribution in [0.5, 0.6) is 0 Å². The van der Waals surface area contributed by atoms with Crippen LogP contribution in [-0.4, -0.2) is 49.8 Å². The molecule has 154 valence electrons. The molecule has 0 saturated heterocycles. The molecule has 0 N–H and O–H groups in total. The molecule has 0 unspecified atom stereocenters. The first-order chi connectivity index (χ1) is 13.9. The molecular formula is C20H20ClNO6S. The van der Waals surface area contributed by atoms with E-state index in [0.717, 1.165) is 17.7 Å². The van der Waals surface area contributed by atoms with E-state index in [-0.39, 0.29) is 41.7 Å². The van der Waals surface area contributed by atoms with Crippen LogP contribution < -0.4 is 4.90 Å². The van der Waals surface area contributed by atoms with Gasteiger partial charge in [-0.05, 0) is 56.1 Å². The summed E-state index contributed by atoms with van der Waals surface area (Å²) >= 11 is 11.4. The van der Waals surface area contributed by atoms with Crippen molar-refractivity contribution in [1.82, 2.24) is 0 Å². The van der Waals surface area contributed by atoms with Gasteiger partial charge in [0.25, 0.3) is 11.8 Å². The van der Waals surface area contributed by atoms with Crippen molar-refractivity contribution in [3.8, 4) is 0 Å². The topological polar surface area (TPSA) is 82.1 Å². The highest BCUT2D eigenvalue weighted by Crippen LogP contribution is 2.36. The number of esters is 1. The summed E-state index contributed by atoms with van der Waals surface area (Å²) in [7, 11) is 1.50. The van der Waals surface area contributed by atoms with Crippen LogP contribution in [0.2, 0.25) is 5.02 Å². The highest BCUT2D eigenvalue weighted by molar-refractivity contribution is 7.80. The minimum atomic E-state index is -0.599. The normalized spacial score (nSPS) is 16.1. The van der Waals surface area contributed by atoms with Gasteiger partial charge < -0.3 is 14.2 Å². The predicted octanol–water partition coefficient (Wildman–Crippen LogP) is 2.97. The van der Waals surface area contributed by atoms with Gasteiger partial charge in [-0.2, -0.15) is 0 Å². The molecule has 1 aromatic carbocycles. The monoisotopic (exact) mass is 437 g/mol. The number of anilines is 1. The van der Waals surface area contributed by atoms with Crippen LogP contribution in [0.15, 0.2) is 29.3 Å². The van der Waals surface area contributed by atoms with Gasteiger partial charge in [0, 0.05) is 23.8 Å². The zero-order chi connectivity index (χ0) is 21.0. The number of thiocarbonyl (C=S) groups is 1. The Bertz CT molecular complexity index is 869. The molecule has 1 aliphatic heterocycles. The summed E-state index contributed by atoms with van der Waals surface area (Å²) < 4.78 is 15.0. The van der Waals surface area contributed by atoms with Gasteiger partial charge in [-0.15, -0.1) is 0 Å². The van der Waals surface area contributed by atoms with Crippen molar-refractivity contribution in [2.75, 3.05) is 31.8 Å². The Morgan fingerprint density at radius 2 is 1.76 bits per heavy atom. The Morgan fingerprint density at radius 3 is 2.38 bits per heavy atom. The average molecular weight is 438 g/mol. The van der Waals surface area contributed by atoms with Gasteiger partial charge in [-0.3, -0.25) is 9.59 Å². The van der Waals surface area contributed by atoms with E-state index in [1.165, 1.54) is 19.2 Å². The molecule has 0 saturated carbocycles. The van der Waals surface area contributed by atoms with Crippen molar-refractivity contribution < 1.29 is 28.6 Å². The number of halogens is 1. The molecule has 3 rings (SSSR count). The summed E-state index contributed by atoms with van der Waals surface area (Å²) in [5, 5.41) is 0.251. The fourth-order valence-corrected chi connectivity index (χ4v) is 3.75. The number of nitrogens with zero attached hydrogens (tertiary/aromatic N) is 1. The minimum absolute atomic E-state index is 0.0302. The molecule has 0 bridgehead atoms. The van der Waals surface area contributed by atoms with E-state index in [1.54, 1.807) is 6.07 Å². The Balaban J connectivity index is 1.72. The van der Waals surface area contributed by atoms with E-state index in [1.807, 2.05) is 0 Å². The fourth-order valence-electron chi connectivity index (χ4n) is 3.27. The second-order valence-electron chi connectivity index (χ2n) is 6.56. The van der Waals surface area contributed by atoms with Gasteiger partial charge in [-0.25, -0.2) is 9.69 Å². The summed E-state index contributed by atoms with van der Waals surface area (Å²) in [5.41, 5.74) is 1.86. The van der Waals surface area contributed by atoms with E-state index in [4.69, 9.17) is 38.0 Å². The van der Waals surface area contributed by atoms with Crippen molar-refractivity contribution in [3.63, 3.8) is 0 Å². The maximum Gasteiger partial charge on any atom is 0.344 e. The Hall–Kier alpha value is -2.29. The lowest BCUT2D eigenvalue weighted by atomic mass is 9.93. The second-order valence-corrected chi connectivity index (χ2v) is 7.34. The van der Waals surface area contributed by atoms with Gasteiger partial charge in [0.05, 0.1) is 17.3 Å². The molecule has 0 atom stereocenters. The zero-order valence-corrected chi connectivity index (χ0v) is 17.4. The number of carbonyl (C=O) groups excluding carboxylic acids is 3. The molecule has 1 aliphatic carbocycles. The summed E-state index contributed by atoms with van der Waals surface area (Å²) in [4.78, 5) is 38.3. The number of carbonyl (C=O) groups is 3. The zero-order valence-electron chi connectivity index (χ0n) is 15.9. The van der Waals surface area contributed by atoms with Gasteiger partial charge >= 0.3 is 5.97 Å². The number of methoxy groups -OCH3 is 1. The van der Waals surface area contributed by atoms with Crippen molar-refractivity contribution in [2.24, 2.45) is 0 Å². The van der Waals surface area contributed by atoms with Gasteiger partial charge in [-0.1, -0.05) is 11.6 Å². The smallest absolute Gasteiger partial charge is 0.344 e. The quantitative estimate of drug-likeness (QED) is 0.280. The highest BCUT2D eigenvalue weighted by atomic mass is 35.5. The summed E-state index contributed by atoms with van der Waals surface area (Å²) in [6.07, 6.45) is 3.03. The van der Waals surface area contributed by atoms with Crippen LogP contribution in [0.1, 0.15) is 31.2 Å². The molecule has 2 aliphatic rings. The highest BCUT2D eigenvalue weighted by Gasteiger charge is 2.39. The lowest BCUT2D eigenvalue weighted by Gasteiger charge is -2.17. The molecule has 1 aromatic rings. The van der Waals surface area contributed by atoms with E-state index in [2.05, 4.69) is 0 Å². The predicted molar refractivity (Wildman–Crippen MR) is 110 cm³/mol. The maximum absolute atomic E-state index is 12.7. The lowest BCUT2D eigenvalue weighted by Crippen LogP contribution is -2.31. The fraction of sp³-hybridized carbons (Fsp3) is 0.400. The van der Waals surface area contributed by atoms with Crippen molar-refractivity contribution in [2.45, 2.75) is 25.7 Å². The first kappa shape index (κ1) is 21.4. The van der Waals surface area contributed by atoms with Crippen LogP contribution in [0, 0.1) is 0 Å². The number of hydrogen-bond donors (Lipinski definition) is 0. The number of ether oxygens (including phenoxy) is 3. The Morgan fingerprint density at radius 1 is 1.10 bits per heavy atom. The van der Waals surface area contributed by atoms with Gasteiger partial charge in [0.15, 0.2) is 11.7 Å². The van der Waals surface area contributed by atoms with Crippen molar-refractivity contribution in [3.05, 3.63) is 39.9 Å². The number of rotatable bonds is 7. The largest absolute Gasteiger partial charge is 0.471 e. The molecule has 0 aromatic heterocycles. The van der Waals surface area contributed by atoms with Crippen molar-refractivity contribution >= 4 is 52.3 Å². The first-order valence-corrected chi connectivity index (χ1v) is 9.94. The average Bonchev–Trinajstić information content (AvgIpc) is 2.98. The molecule has 1 heterocycles. The third kappa shape index (κ3) is 4.66. The van der Waals surface area contributed by atoms with E-state index in [0.29, 0.717) is 35.2 Å². The number of benzene rings is 1. The van der Waals surface area contributed by atoms with Gasteiger partial charge in [0.1, 0.15) is 6.61 Å². The molecule has 0 spiro atoms. The molecule has 7 nitrogen and oxygen atoms in total. The standard InChI is InChI=1S/C20H20ClNO6S/c1-26-8-9-27-17(23)11-28-20(29)15-10-12(6-7-16(15)21)22-18(24)13-4-2-3-5-14(13)19(22)25/h6-7,10H,2-5,8-9,11H2,1H3. The Labute approximate surface area is 178 Å². The summed E-state index contributed by atoms with van der Waals surface area (Å²) in [5.74, 6) is -1.20. The van der Waals surface area contributed by atoms with Crippen LogP contribution in [0.25, 0.3) is 0 Å². The second kappa shape index (κ2) is 9.47. The van der Waals surface area contributed by atoms with E-state index >= 15 is 0 Å². The minimum Gasteiger partial charge on any atom is -0.471 e.